The Balaban J connectivity index is 1.51. The zero-order chi connectivity index (χ0) is 18.1. The SMILES string of the molecule is O=S1(=O)CCCN1c1cccc(CNc2ccc3cc(Br)ccc3n2)c1. The van der Waals surface area contributed by atoms with E-state index in [1.807, 2.05) is 54.6 Å². The third-order valence-corrected chi connectivity index (χ3v) is 6.79. The topological polar surface area (TPSA) is 62.3 Å². The molecule has 0 amide bonds. The van der Waals surface area contributed by atoms with Crippen LogP contribution >= 0.6 is 15.9 Å². The zero-order valence-electron chi connectivity index (χ0n) is 14.0. The Morgan fingerprint density at radius 3 is 2.81 bits per heavy atom. The molecule has 0 unspecified atom stereocenters. The van der Waals surface area contributed by atoms with Crippen LogP contribution in [-0.4, -0.2) is 25.7 Å². The summed E-state index contributed by atoms with van der Waals surface area (Å²) in [7, 11) is -3.16. The molecule has 2 aromatic carbocycles. The molecule has 5 nitrogen and oxygen atoms in total. The van der Waals surface area contributed by atoms with Crippen LogP contribution in [0.2, 0.25) is 0 Å². The molecule has 26 heavy (non-hydrogen) atoms. The predicted molar refractivity (Wildman–Crippen MR) is 109 cm³/mol. The lowest BCUT2D eigenvalue weighted by Gasteiger charge is -2.17. The van der Waals surface area contributed by atoms with E-state index in [4.69, 9.17) is 0 Å². The van der Waals surface area contributed by atoms with Crippen molar-refractivity contribution in [3.63, 3.8) is 0 Å². The number of hydrogen-bond acceptors (Lipinski definition) is 4. The van der Waals surface area contributed by atoms with Crippen LogP contribution in [0.3, 0.4) is 0 Å². The van der Waals surface area contributed by atoms with Gasteiger partial charge in [-0.15, -0.1) is 0 Å². The normalized spacial score (nSPS) is 16.1. The van der Waals surface area contributed by atoms with E-state index >= 15 is 0 Å². The number of benzene rings is 2. The van der Waals surface area contributed by atoms with Crippen molar-refractivity contribution in [2.24, 2.45) is 0 Å². The van der Waals surface area contributed by atoms with Crippen LogP contribution in [0.4, 0.5) is 11.5 Å². The van der Waals surface area contributed by atoms with Crippen LogP contribution in [0.15, 0.2) is 59.1 Å². The van der Waals surface area contributed by atoms with Gasteiger partial charge in [-0.3, -0.25) is 4.31 Å². The Labute approximate surface area is 161 Å². The van der Waals surface area contributed by atoms with E-state index in [2.05, 4.69) is 26.2 Å². The standard InChI is InChI=1S/C19H18BrN3O2S/c20-16-6-7-18-15(12-16)5-8-19(22-18)21-13-14-3-1-4-17(11-14)23-9-2-10-26(23,24)25/h1,3-8,11-12H,2,9-10,13H2,(H,21,22). The van der Waals surface area contributed by atoms with Crippen LogP contribution in [-0.2, 0) is 16.6 Å². The van der Waals surface area contributed by atoms with Crippen molar-refractivity contribution in [3.05, 3.63) is 64.6 Å². The molecule has 0 atom stereocenters. The molecule has 0 bridgehead atoms. The first-order valence-corrected chi connectivity index (χ1v) is 10.8. The lowest BCUT2D eigenvalue weighted by Crippen LogP contribution is -2.25. The molecule has 7 heteroatoms. The van der Waals surface area contributed by atoms with Crippen molar-refractivity contribution in [1.82, 2.24) is 4.98 Å². The molecule has 0 aliphatic carbocycles. The average molecular weight is 432 g/mol. The van der Waals surface area contributed by atoms with Crippen LogP contribution in [0.1, 0.15) is 12.0 Å². The first-order chi connectivity index (χ1) is 12.5. The van der Waals surface area contributed by atoms with Gasteiger partial charge in [0.25, 0.3) is 0 Å². The van der Waals surface area contributed by atoms with Crippen LogP contribution < -0.4 is 9.62 Å². The summed E-state index contributed by atoms with van der Waals surface area (Å²) in [6, 6.07) is 17.6. The van der Waals surface area contributed by atoms with Crippen molar-refractivity contribution >= 4 is 48.4 Å². The second-order valence-electron chi connectivity index (χ2n) is 6.30. The summed E-state index contributed by atoms with van der Waals surface area (Å²) in [6.07, 6.45) is 0.682. The number of nitrogens with one attached hydrogen (secondary N) is 1. The third-order valence-electron chi connectivity index (χ3n) is 4.42. The molecule has 1 aliphatic heterocycles. The lowest BCUT2D eigenvalue weighted by atomic mass is 10.2. The van der Waals surface area contributed by atoms with E-state index in [1.165, 1.54) is 4.31 Å². The fourth-order valence-electron chi connectivity index (χ4n) is 3.14. The maximum absolute atomic E-state index is 12.1. The molecule has 1 saturated heterocycles. The van der Waals surface area contributed by atoms with Gasteiger partial charge in [0, 0.05) is 22.9 Å². The third kappa shape index (κ3) is 3.54. The van der Waals surface area contributed by atoms with E-state index in [0.29, 0.717) is 19.5 Å². The minimum atomic E-state index is -3.16. The van der Waals surface area contributed by atoms with E-state index in [-0.39, 0.29) is 5.75 Å². The van der Waals surface area contributed by atoms with E-state index in [1.54, 1.807) is 0 Å². The van der Waals surface area contributed by atoms with Crippen molar-refractivity contribution in [2.75, 3.05) is 21.9 Å². The highest BCUT2D eigenvalue weighted by atomic mass is 79.9. The largest absolute Gasteiger partial charge is 0.366 e. The Morgan fingerprint density at radius 1 is 1.12 bits per heavy atom. The second kappa shape index (κ2) is 6.89. The van der Waals surface area contributed by atoms with Gasteiger partial charge in [0.05, 0.1) is 17.0 Å². The number of anilines is 2. The summed E-state index contributed by atoms with van der Waals surface area (Å²) in [6.45, 7) is 1.14. The number of nitrogens with zero attached hydrogens (tertiary/aromatic N) is 2. The first kappa shape index (κ1) is 17.3. The molecule has 4 rings (SSSR count). The molecule has 0 spiro atoms. The van der Waals surface area contributed by atoms with Gasteiger partial charge in [-0.1, -0.05) is 28.1 Å². The second-order valence-corrected chi connectivity index (χ2v) is 9.23. The summed E-state index contributed by atoms with van der Waals surface area (Å²) < 4.78 is 26.7. The maximum Gasteiger partial charge on any atom is 0.235 e. The molecule has 0 saturated carbocycles. The highest BCUT2D eigenvalue weighted by Gasteiger charge is 2.28. The Kier molecular flexibility index (Phi) is 4.58. The highest BCUT2D eigenvalue weighted by Crippen LogP contribution is 2.25. The van der Waals surface area contributed by atoms with Gasteiger partial charge >= 0.3 is 0 Å². The van der Waals surface area contributed by atoms with Gasteiger partial charge in [0.1, 0.15) is 5.82 Å². The predicted octanol–water partition coefficient (Wildman–Crippen LogP) is 4.15. The zero-order valence-corrected chi connectivity index (χ0v) is 16.4. The van der Waals surface area contributed by atoms with Gasteiger partial charge in [-0.2, -0.15) is 0 Å². The van der Waals surface area contributed by atoms with Gasteiger partial charge in [0.15, 0.2) is 0 Å². The molecular weight excluding hydrogens is 414 g/mol. The van der Waals surface area contributed by atoms with E-state index in [9.17, 15) is 8.42 Å². The lowest BCUT2D eigenvalue weighted by molar-refractivity contribution is 0.599. The maximum atomic E-state index is 12.1. The van der Waals surface area contributed by atoms with Crippen LogP contribution in [0, 0.1) is 0 Å². The number of hydrogen-bond donors (Lipinski definition) is 1. The highest BCUT2D eigenvalue weighted by molar-refractivity contribution is 9.10. The number of rotatable bonds is 4. The average Bonchev–Trinajstić information content (AvgIpc) is 2.99. The van der Waals surface area contributed by atoms with E-state index in [0.717, 1.165) is 32.4 Å². The molecule has 1 aromatic heterocycles. The number of halogens is 1. The quantitative estimate of drug-likeness (QED) is 0.673. The van der Waals surface area contributed by atoms with Crippen molar-refractivity contribution in [2.45, 2.75) is 13.0 Å². The van der Waals surface area contributed by atoms with Gasteiger partial charge in [0.2, 0.25) is 10.0 Å². The monoisotopic (exact) mass is 431 g/mol. The van der Waals surface area contributed by atoms with Gasteiger partial charge in [-0.05, 0) is 54.4 Å². The molecular formula is C19H18BrN3O2S. The fraction of sp³-hybridized carbons (Fsp3) is 0.211. The molecule has 2 heterocycles. The molecule has 1 N–H and O–H groups in total. The number of sulfonamides is 1. The van der Waals surface area contributed by atoms with Gasteiger partial charge in [-0.25, -0.2) is 13.4 Å². The Bertz CT molecular complexity index is 1070. The number of pyridine rings is 1. The molecule has 1 aliphatic rings. The molecule has 0 radical (unpaired) electrons. The summed E-state index contributed by atoms with van der Waals surface area (Å²) >= 11 is 3.46. The minimum absolute atomic E-state index is 0.229. The fourth-order valence-corrected chi connectivity index (χ4v) is 5.07. The van der Waals surface area contributed by atoms with Gasteiger partial charge < -0.3 is 5.32 Å². The van der Waals surface area contributed by atoms with Crippen molar-refractivity contribution in [3.8, 4) is 0 Å². The first-order valence-electron chi connectivity index (χ1n) is 8.41. The van der Waals surface area contributed by atoms with E-state index < -0.39 is 10.0 Å². The summed E-state index contributed by atoms with van der Waals surface area (Å²) in [5.41, 5.74) is 2.68. The molecule has 3 aromatic rings. The Morgan fingerprint density at radius 2 is 2.00 bits per heavy atom. The molecule has 1 fully saturated rings. The van der Waals surface area contributed by atoms with Crippen molar-refractivity contribution < 1.29 is 8.42 Å². The number of fused-ring (bicyclic) bond motifs is 1. The minimum Gasteiger partial charge on any atom is -0.366 e. The summed E-state index contributed by atoms with van der Waals surface area (Å²) in [5.74, 6) is 1.02. The van der Waals surface area contributed by atoms with Crippen molar-refractivity contribution in [1.29, 1.82) is 0 Å². The van der Waals surface area contributed by atoms with Crippen LogP contribution in [0.25, 0.3) is 10.9 Å². The van der Waals surface area contributed by atoms with Crippen LogP contribution in [0.5, 0.6) is 0 Å². The number of aromatic nitrogens is 1. The summed E-state index contributed by atoms with van der Waals surface area (Å²) in [4.78, 5) is 4.62. The Hall–Kier alpha value is -2.12. The molecule has 134 valence electrons. The smallest absolute Gasteiger partial charge is 0.235 e. The summed E-state index contributed by atoms with van der Waals surface area (Å²) in [5, 5.41) is 4.39.